The fourth-order valence-electron chi connectivity index (χ4n) is 4.28. The summed E-state index contributed by atoms with van der Waals surface area (Å²) in [6.45, 7) is 6.19. The zero-order chi connectivity index (χ0) is 36.0. The van der Waals surface area contributed by atoms with Crippen LogP contribution >= 0.6 is 46.3 Å². The van der Waals surface area contributed by atoms with E-state index < -0.39 is 58.7 Å². The van der Waals surface area contributed by atoms with Gasteiger partial charge in [-0.1, -0.05) is 40.2 Å². The maximum absolute atomic E-state index is 13.6. The molecule has 1 saturated heterocycles. The van der Waals surface area contributed by atoms with Crippen molar-refractivity contribution in [2.45, 2.75) is 57.4 Å². The van der Waals surface area contributed by atoms with Crippen LogP contribution in [0.25, 0.3) is 0 Å². The van der Waals surface area contributed by atoms with Gasteiger partial charge >= 0.3 is 26.1 Å². The van der Waals surface area contributed by atoms with Crippen molar-refractivity contribution in [1.29, 1.82) is 0 Å². The van der Waals surface area contributed by atoms with E-state index in [1.807, 2.05) is 0 Å². The number of fused-ring (bicyclic) bond motifs is 1. The van der Waals surface area contributed by atoms with Crippen LogP contribution in [0.4, 0.5) is 9.93 Å². The number of nitrogens with one attached hydrogen (secondary N) is 2. The molecule has 2 aromatic rings. The number of rotatable bonds is 12. The number of aromatic nitrogens is 1. The monoisotopic (exact) mass is 753 g/mol. The van der Waals surface area contributed by atoms with Gasteiger partial charge in [0.2, 0.25) is 6.10 Å². The smallest absolute Gasteiger partial charge is 0.413 e. The number of thioether (sulfide) groups is 1. The number of hydrogen-bond acceptors (Lipinski definition) is 14. The number of carbonyl (C=O) groups excluding carboxylic acids is 5. The van der Waals surface area contributed by atoms with Crippen LogP contribution in [-0.4, -0.2) is 95.4 Å². The lowest BCUT2D eigenvalue weighted by atomic mass is 10.0. The Morgan fingerprint density at radius 3 is 2.51 bits per heavy atom. The molecule has 2 aliphatic rings. The van der Waals surface area contributed by atoms with Gasteiger partial charge in [0.05, 0.1) is 7.11 Å². The van der Waals surface area contributed by atoms with Crippen LogP contribution in [-0.2, 0) is 44.8 Å². The molecule has 260 valence electrons. The van der Waals surface area contributed by atoms with Gasteiger partial charge in [0, 0.05) is 11.6 Å². The van der Waals surface area contributed by atoms with E-state index in [-0.39, 0.29) is 39.1 Å². The van der Waals surface area contributed by atoms with Crippen molar-refractivity contribution in [1.82, 2.24) is 15.2 Å². The predicted octanol–water partition coefficient (Wildman–Crippen LogP) is 3.52. The summed E-state index contributed by atoms with van der Waals surface area (Å²) in [4.78, 5) is 75.0. The fourth-order valence-corrected chi connectivity index (χ4v) is 6.99. The Morgan fingerprint density at radius 1 is 1.20 bits per heavy atom. The molecule has 15 nitrogen and oxygen atoms in total. The number of benzene rings is 1. The number of halogens is 2. The second-order valence-corrected chi connectivity index (χ2v) is 14.2. The number of carbonyl (C=O) groups is 5. The quantitative estimate of drug-likeness (QED) is 0.0804. The predicted molar refractivity (Wildman–Crippen MR) is 181 cm³/mol. The summed E-state index contributed by atoms with van der Waals surface area (Å²) < 4.78 is 19.9. The van der Waals surface area contributed by atoms with Crippen molar-refractivity contribution in [3.63, 3.8) is 0 Å². The summed E-state index contributed by atoms with van der Waals surface area (Å²) in [5.41, 5.74) is -0.424. The van der Waals surface area contributed by atoms with Gasteiger partial charge in [-0.3, -0.25) is 19.8 Å². The molecule has 1 aromatic heterocycles. The van der Waals surface area contributed by atoms with Crippen LogP contribution in [0.15, 0.2) is 40.7 Å². The van der Waals surface area contributed by atoms with Gasteiger partial charge in [0.25, 0.3) is 11.8 Å². The van der Waals surface area contributed by atoms with Gasteiger partial charge in [-0.2, -0.15) is 0 Å². The maximum atomic E-state index is 13.6. The standard InChI is InChI=1S/C29H30BCl2N5O10S2/c1-13(25(40)46-30)47-36-18(17-21(32)49-27(34-17)35-28(42)45-29(2,3)4)22(38)33-19-23(39)37-20(15(10-31)12-48-24(19)37)26(41)44-11-14-6-8-16(43-5)9-7-14/h6-9,13,19,24H,10-12H2,1-5H3,(H,33,38)(H,34,35,42)/b36-18-/t13-,19?,24?/m0/s1. The van der Waals surface area contributed by atoms with E-state index in [1.54, 1.807) is 45.0 Å². The summed E-state index contributed by atoms with van der Waals surface area (Å²) in [6.07, 6.45) is -2.19. The van der Waals surface area contributed by atoms with Crippen molar-refractivity contribution in [3.05, 3.63) is 51.1 Å². The van der Waals surface area contributed by atoms with E-state index in [0.29, 0.717) is 16.9 Å². The second kappa shape index (κ2) is 16.1. The number of nitrogens with zero attached hydrogens (tertiary/aromatic N) is 3. The molecule has 0 aliphatic carbocycles. The number of ether oxygens (including phenoxy) is 3. The van der Waals surface area contributed by atoms with Crippen LogP contribution in [0, 0.1) is 0 Å². The molecule has 2 aliphatic heterocycles. The Balaban J connectivity index is 1.53. The van der Waals surface area contributed by atoms with Crippen LogP contribution in [0.3, 0.4) is 0 Å². The van der Waals surface area contributed by atoms with Crippen LogP contribution in [0.2, 0.25) is 4.34 Å². The molecule has 0 spiro atoms. The Hall–Kier alpha value is -4.00. The highest BCUT2D eigenvalue weighted by atomic mass is 35.5. The van der Waals surface area contributed by atoms with Gasteiger partial charge in [-0.15, -0.1) is 23.4 Å². The minimum Gasteiger partial charge on any atom is -0.541 e. The molecule has 0 saturated carbocycles. The van der Waals surface area contributed by atoms with Gasteiger partial charge in [0.15, 0.2) is 10.8 Å². The van der Waals surface area contributed by atoms with Crippen LogP contribution < -0.4 is 15.4 Å². The zero-order valence-electron chi connectivity index (χ0n) is 26.7. The van der Waals surface area contributed by atoms with E-state index in [1.165, 1.54) is 30.7 Å². The number of alkyl halides is 1. The van der Waals surface area contributed by atoms with Crippen molar-refractivity contribution >= 4 is 95.0 Å². The van der Waals surface area contributed by atoms with Crippen molar-refractivity contribution in [2.75, 3.05) is 24.1 Å². The second-order valence-electron chi connectivity index (χ2n) is 11.3. The molecule has 3 heterocycles. The third-order valence-electron chi connectivity index (χ3n) is 6.60. The fraction of sp³-hybridized carbons (Fsp3) is 0.414. The molecule has 1 aromatic carbocycles. The number of oxime groups is 1. The lowest BCUT2D eigenvalue weighted by Crippen LogP contribution is -2.71. The molecule has 4 rings (SSSR count). The molecular formula is C29H30BCl2N5O10S2. The summed E-state index contributed by atoms with van der Waals surface area (Å²) in [6, 6.07) is 5.77. The first kappa shape index (κ1) is 37.8. The molecule has 0 bridgehead atoms. The van der Waals surface area contributed by atoms with Gasteiger partial charge in [-0.25, -0.2) is 19.4 Å². The maximum Gasteiger partial charge on any atom is 0.413 e. The minimum absolute atomic E-state index is 0.00508. The van der Waals surface area contributed by atoms with Crippen LogP contribution in [0.5, 0.6) is 5.75 Å². The Kier molecular flexibility index (Phi) is 12.5. The first-order valence-corrected chi connectivity index (χ1v) is 17.1. The third-order valence-corrected chi connectivity index (χ3v) is 9.43. The van der Waals surface area contributed by atoms with Gasteiger partial charge in [0.1, 0.15) is 45.1 Å². The van der Waals surface area contributed by atoms with E-state index in [4.69, 9.17) is 50.3 Å². The number of methoxy groups -OCH3 is 1. The van der Waals surface area contributed by atoms with Crippen molar-refractivity contribution in [2.24, 2.45) is 5.16 Å². The van der Waals surface area contributed by atoms with Crippen LogP contribution in [0.1, 0.15) is 39.0 Å². The first-order chi connectivity index (χ1) is 23.2. The Bertz CT molecular complexity index is 1680. The largest absolute Gasteiger partial charge is 0.541 e. The highest BCUT2D eigenvalue weighted by molar-refractivity contribution is 8.00. The van der Waals surface area contributed by atoms with Crippen molar-refractivity contribution < 1.29 is 47.7 Å². The van der Waals surface area contributed by atoms with E-state index in [2.05, 4.69) is 25.4 Å². The average Bonchev–Trinajstić information content (AvgIpc) is 3.42. The zero-order valence-corrected chi connectivity index (χ0v) is 29.9. The topological polar surface area (TPSA) is 184 Å². The summed E-state index contributed by atoms with van der Waals surface area (Å²) in [5, 5.41) is 8.00. The highest BCUT2D eigenvalue weighted by Crippen LogP contribution is 2.41. The molecule has 49 heavy (non-hydrogen) atoms. The number of esters is 1. The summed E-state index contributed by atoms with van der Waals surface area (Å²) in [5.74, 6) is -2.48. The van der Waals surface area contributed by atoms with E-state index in [9.17, 15) is 24.0 Å². The molecular weight excluding hydrogens is 724 g/mol. The summed E-state index contributed by atoms with van der Waals surface area (Å²) >= 11 is 14.6. The summed E-state index contributed by atoms with van der Waals surface area (Å²) in [7, 11) is 6.45. The first-order valence-electron chi connectivity index (χ1n) is 14.3. The minimum atomic E-state index is -1.36. The highest BCUT2D eigenvalue weighted by Gasteiger charge is 2.54. The Morgan fingerprint density at radius 2 is 1.90 bits per heavy atom. The lowest BCUT2D eigenvalue weighted by molar-refractivity contribution is -0.153. The molecule has 3 amide bonds. The molecule has 2 N–H and O–H groups in total. The number of hydrogen-bond donors (Lipinski definition) is 2. The Labute approximate surface area is 300 Å². The molecule has 2 unspecified atom stereocenters. The van der Waals surface area contributed by atoms with Gasteiger partial charge < -0.3 is 29.0 Å². The van der Waals surface area contributed by atoms with E-state index in [0.717, 1.165) is 11.3 Å². The number of anilines is 1. The van der Waals surface area contributed by atoms with E-state index >= 15 is 0 Å². The number of amides is 3. The molecule has 2 radical (unpaired) electrons. The number of β-lactam (4-membered cyclic amide) rings is 1. The molecule has 3 atom stereocenters. The lowest BCUT2D eigenvalue weighted by Gasteiger charge is -2.49. The third kappa shape index (κ3) is 9.17. The van der Waals surface area contributed by atoms with Gasteiger partial charge in [-0.05, 0) is 51.0 Å². The molecule has 20 heteroatoms. The SMILES string of the molecule is [B]OC(=O)[C@H](C)O/N=C(\C(=O)NC1C(=O)N2C(C(=O)OCc3ccc(OC)cc3)=C(CCl)CSC12)c1nc(NC(=O)OC(C)(C)C)sc1Cl. The normalized spacial score (nSPS) is 18.1. The molecule has 1 fully saturated rings. The number of thiazole rings is 1. The van der Waals surface area contributed by atoms with Crippen molar-refractivity contribution in [3.8, 4) is 5.75 Å². The average molecular weight is 754 g/mol.